The van der Waals surface area contributed by atoms with Crippen molar-refractivity contribution in [2.75, 3.05) is 45.8 Å². The number of carbonyl (C=O) groups excluding carboxylic acids is 1. The quantitative estimate of drug-likeness (QED) is 0.770. The highest BCUT2D eigenvalue weighted by Crippen LogP contribution is 2.20. The standard InChI is InChI=1S/C18H25F2N3O3S/c19-16-6-5-15(13-17(16)20)27(25,26)23-11-9-21(10-12-23)14-18(24)22-7-3-1-2-4-8-22/h5-6,13H,1-4,7-12,14H2. The maximum atomic E-state index is 13.4. The lowest BCUT2D eigenvalue weighted by Crippen LogP contribution is -2.51. The zero-order valence-electron chi connectivity index (χ0n) is 15.2. The van der Waals surface area contributed by atoms with Gasteiger partial charge in [-0.15, -0.1) is 0 Å². The Morgan fingerprint density at radius 1 is 0.889 bits per heavy atom. The number of nitrogens with zero attached hydrogens (tertiary/aromatic N) is 3. The van der Waals surface area contributed by atoms with Gasteiger partial charge in [0.2, 0.25) is 15.9 Å². The predicted octanol–water partition coefficient (Wildman–Crippen LogP) is 1.67. The van der Waals surface area contributed by atoms with Crippen molar-refractivity contribution in [2.24, 2.45) is 0 Å². The summed E-state index contributed by atoms with van der Waals surface area (Å²) in [6, 6.07) is 2.60. The van der Waals surface area contributed by atoms with Gasteiger partial charge in [0.05, 0.1) is 11.4 Å². The van der Waals surface area contributed by atoms with Gasteiger partial charge in [0.15, 0.2) is 11.6 Å². The summed E-state index contributed by atoms with van der Waals surface area (Å²) in [5.41, 5.74) is 0. The Bertz CT molecular complexity index is 772. The number of rotatable bonds is 4. The van der Waals surface area contributed by atoms with E-state index in [0.29, 0.717) is 25.7 Å². The molecule has 150 valence electrons. The van der Waals surface area contributed by atoms with Gasteiger partial charge < -0.3 is 4.90 Å². The Balaban J connectivity index is 1.56. The fraction of sp³-hybridized carbons (Fsp3) is 0.611. The summed E-state index contributed by atoms with van der Waals surface area (Å²) in [6.07, 6.45) is 4.38. The molecule has 0 spiro atoms. The summed E-state index contributed by atoms with van der Waals surface area (Å²) < 4.78 is 52.9. The van der Waals surface area contributed by atoms with Crippen LogP contribution in [-0.4, -0.2) is 74.2 Å². The molecule has 0 aliphatic carbocycles. The third kappa shape index (κ3) is 4.83. The summed E-state index contributed by atoms with van der Waals surface area (Å²) in [6.45, 7) is 3.18. The third-order valence-corrected chi connectivity index (χ3v) is 7.07. The van der Waals surface area contributed by atoms with Gasteiger partial charge in [-0.05, 0) is 31.0 Å². The summed E-state index contributed by atoms with van der Waals surface area (Å²) in [4.78, 5) is 16.1. The summed E-state index contributed by atoms with van der Waals surface area (Å²) in [7, 11) is -3.87. The van der Waals surface area contributed by atoms with E-state index in [2.05, 4.69) is 0 Å². The van der Waals surface area contributed by atoms with Crippen LogP contribution in [0, 0.1) is 11.6 Å². The maximum absolute atomic E-state index is 13.4. The zero-order chi connectivity index (χ0) is 19.4. The van der Waals surface area contributed by atoms with E-state index >= 15 is 0 Å². The topological polar surface area (TPSA) is 60.9 Å². The van der Waals surface area contributed by atoms with Crippen LogP contribution in [0.25, 0.3) is 0 Å². The van der Waals surface area contributed by atoms with E-state index < -0.39 is 21.7 Å². The van der Waals surface area contributed by atoms with Crippen LogP contribution in [0.3, 0.4) is 0 Å². The molecule has 27 heavy (non-hydrogen) atoms. The molecule has 2 heterocycles. The Hall–Kier alpha value is -1.58. The highest BCUT2D eigenvalue weighted by atomic mass is 32.2. The molecule has 0 aromatic heterocycles. The van der Waals surface area contributed by atoms with Gasteiger partial charge in [-0.3, -0.25) is 9.69 Å². The van der Waals surface area contributed by atoms with Crippen molar-refractivity contribution in [3.63, 3.8) is 0 Å². The van der Waals surface area contributed by atoms with Crippen molar-refractivity contribution in [3.8, 4) is 0 Å². The second-order valence-corrected chi connectivity index (χ2v) is 8.99. The van der Waals surface area contributed by atoms with Crippen molar-refractivity contribution in [3.05, 3.63) is 29.8 Å². The number of hydrogen-bond acceptors (Lipinski definition) is 4. The van der Waals surface area contributed by atoms with Crippen LogP contribution in [-0.2, 0) is 14.8 Å². The Kier molecular flexibility index (Phi) is 6.44. The smallest absolute Gasteiger partial charge is 0.243 e. The van der Waals surface area contributed by atoms with Crippen molar-refractivity contribution >= 4 is 15.9 Å². The average molecular weight is 401 g/mol. The van der Waals surface area contributed by atoms with E-state index in [9.17, 15) is 22.0 Å². The summed E-state index contributed by atoms with van der Waals surface area (Å²) in [5, 5.41) is 0. The van der Waals surface area contributed by atoms with Crippen LogP contribution in [0.2, 0.25) is 0 Å². The minimum atomic E-state index is -3.87. The molecule has 0 unspecified atom stereocenters. The Morgan fingerprint density at radius 3 is 2.11 bits per heavy atom. The lowest BCUT2D eigenvalue weighted by Gasteiger charge is -2.34. The maximum Gasteiger partial charge on any atom is 0.243 e. The second kappa shape index (κ2) is 8.62. The SMILES string of the molecule is O=C(CN1CCN(S(=O)(=O)c2ccc(F)c(F)c2)CC1)N1CCCCCC1. The van der Waals surface area contributed by atoms with Crippen molar-refractivity contribution < 1.29 is 22.0 Å². The molecule has 0 atom stereocenters. The molecule has 1 aromatic carbocycles. The highest BCUT2D eigenvalue weighted by Gasteiger charge is 2.30. The van der Waals surface area contributed by atoms with Crippen molar-refractivity contribution in [2.45, 2.75) is 30.6 Å². The molecule has 3 rings (SSSR count). The molecule has 0 bridgehead atoms. The molecule has 0 radical (unpaired) electrons. The van der Waals surface area contributed by atoms with E-state index in [4.69, 9.17) is 0 Å². The molecule has 2 aliphatic rings. The van der Waals surface area contributed by atoms with Gasteiger partial charge in [0, 0.05) is 39.3 Å². The first-order valence-electron chi connectivity index (χ1n) is 9.33. The summed E-state index contributed by atoms with van der Waals surface area (Å²) >= 11 is 0. The van der Waals surface area contributed by atoms with Crippen LogP contribution in [0.15, 0.2) is 23.1 Å². The second-order valence-electron chi connectivity index (χ2n) is 7.05. The Morgan fingerprint density at radius 2 is 1.52 bits per heavy atom. The number of halogens is 2. The lowest BCUT2D eigenvalue weighted by atomic mass is 10.2. The van der Waals surface area contributed by atoms with Gasteiger partial charge in [-0.2, -0.15) is 4.31 Å². The number of benzene rings is 1. The largest absolute Gasteiger partial charge is 0.342 e. The molecular weight excluding hydrogens is 376 g/mol. The minimum Gasteiger partial charge on any atom is -0.342 e. The van der Waals surface area contributed by atoms with Gasteiger partial charge in [0.25, 0.3) is 0 Å². The number of piperazine rings is 1. The normalized spacial score (nSPS) is 20.4. The van der Waals surface area contributed by atoms with Gasteiger partial charge in [-0.25, -0.2) is 17.2 Å². The van der Waals surface area contributed by atoms with Crippen LogP contribution in [0.1, 0.15) is 25.7 Å². The number of amides is 1. The number of carbonyl (C=O) groups is 1. The molecule has 2 aliphatic heterocycles. The first kappa shape index (κ1) is 20.2. The van der Waals surface area contributed by atoms with E-state index in [-0.39, 0.29) is 23.9 Å². The molecule has 0 N–H and O–H groups in total. The van der Waals surface area contributed by atoms with E-state index in [1.165, 1.54) is 4.31 Å². The highest BCUT2D eigenvalue weighted by molar-refractivity contribution is 7.89. The molecule has 1 amide bonds. The molecular formula is C18H25F2N3O3S. The first-order valence-corrected chi connectivity index (χ1v) is 10.8. The molecule has 6 nitrogen and oxygen atoms in total. The van der Waals surface area contributed by atoms with E-state index in [1.807, 2.05) is 9.80 Å². The van der Waals surface area contributed by atoms with Crippen LogP contribution < -0.4 is 0 Å². The molecule has 1 aromatic rings. The average Bonchev–Trinajstić information content (AvgIpc) is 2.94. The first-order chi connectivity index (χ1) is 12.9. The van der Waals surface area contributed by atoms with Gasteiger partial charge in [0.1, 0.15) is 0 Å². The minimum absolute atomic E-state index is 0.0915. The molecule has 2 fully saturated rings. The molecule has 2 saturated heterocycles. The van der Waals surface area contributed by atoms with Crippen LogP contribution in [0.5, 0.6) is 0 Å². The molecule has 9 heteroatoms. The van der Waals surface area contributed by atoms with Crippen molar-refractivity contribution in [1.29, 1.82) is 0 Å². The molecule has 0 saturated carbocycles. The predicted molar refractivity (Wildman–Crippen MR) is 96.6 cm³/mol. The van der Waals surface area contributed by atoms with Crippen LogP contribution >= 0.6 is 0 Å². The van der Waals surface area contributed by atoms with E-state index in [0.717, 1.165) is 50.9 Å². The lowest BCUT2D eigenvalue weighted by molar-refractivity contribution is -0.132. The van der Waals surface area contributed by atoms with E-state index in [1.54, 1.807) is 0 Å². The Labute approximate surface area is 158 Å². The van der Waals surface area contributed by atoms with Gasteiger partial charge >= 0.3 is 0 Å². The fourth-order valence-electron chi connectivity index (χ4n) is 3.53. The third-order valence-electron chi connectivity index (χ3n) is 5.18. The van der Waals surface area contributed by atoms with Crippen molar-refractivity contribution in [1.82, 2.24) is 14.1 Å². The number of sulfonamides is 1. The monoisotopic (exact) mass is 401 g/mol. The number of hydrogen-bond donors (Lipinski definition) is 0. The fourth-order valence-corrected chi connectivity index (χ4v) is 4.96. The van der Waals surface area contributed by atoms with Gasteiger partial charge in [-0.1, -0.05) is 12.8 Å². The number of likely N-dealkylation sites (tertiary alicyclic amines) is 1. The van der Waals surface area contributed by atoms with Crippen LogP contribution in [0.4, 0.5) is 8.78 Å². The zero-order valence-corrected chi connectivity index (χ0v) is 16.1. The summed E-state index contributed by atoms with van der Waals surface area (Å²) in [5.74, 6) is -2.17.